The van der Waals surface area contributed by atoms with E-state index in [0.717, 1.165) is 24.2 Å². The first kappa shape index (κ1) is 26.6. The highest BCUT2D eigenvalue weighted by Gasteiger charge is 2.20. The van der Waals surface area contributed by atoms with Crippen molar-refractivity contribution in [1.82, 2.24) is 20.4 Å². The molecule has 9 heteroatoms. The lowest BCUT2D eigenvalue weighted by molar-refractivity contribution is -0.134. The minimum absolute atomic E-state index is 0.0336. The van der Waals surface area contributed by atoms with Crippen molar-refractivity contribution < 1.29 is 24.2 Å². The van der Waals surface area contributed by atoms with Crippen LogP contribution in [0.5, 0.6) is 5.75 Å². The van der Waals surface area contributed by atoms with Crippen LogP contribution in [-0.2, 0) is 20.7 Å². The van der Waals surface area contributed by atoms with Crippen LogP contribution in [0.15, 0.2) is 42.5 Å². The van der Waals surface area contributed by atoms with Crippen LogP contribution in [0.3, 0.4) is 0 Å². The summed E-state index contributed by atoms with van der Waals surface area (Å²) in [5.41, 5.74) is 2.87. The smallest absolute Gasteiger partial charge is 0.251 e. The SMILES string of the molecule is O=C1CCCN(C(=O)CN2CCOCC2)CCCNC(=O)c2cccc(c2)-c2cc(ccc2O)CCN1. The van der Waals surface area contributed by atoms with Crippen molar-refractivity contribution in [2.24, 2.45) is 0 Å². The van der Waals surface area contributed by atoms with Gasteiger partial charge in [-0.1, -0.05) is 18.2 Å². The van der Waals surface area contributed by atoms with Gasteiger partial charge in [0.25, 0.3) is 5.91 Å². The van der Waals surface area contributed by atoms with Crippen LogP contribution in [0.25, 0.3) is 11.1 Å². The van der Waals surface area contributed by atoms with E-state index in [2.05, 4.69) is 15.5 Å². The fourth-order valence-electron chi connectivity index (χ4n) is 4.65. The number of amides is 3. The standard InChI is InChI=1S/C28H36N4O5/c33-25-8-7-21-9-11-29-26(34)6-2-12-32(27(35)20-31-14-16-37-17-15-31)13-3-10-30-28(36)23-5-1-4-22(19-23)24(25)18-21/h1,4-5,7-8,18-19,33H,2-3,6,9-17,20H2,(H,29,34)(H,30,36). The fourth-order valence-corrected chi connectivity index (χ4v) is 4.65. The Morgan fingerprint density at radius 2 is 1.68 bits per heavy atom. The van der Waals surface area contributed by atoms with E-state index in [-0.39, 0.29) is 23.5 Å². The van der Waals surface area contributed by atoms with Crippen LogP contribution < -0.4 is 10.6 Å². The second kappa shape index (κ2) is 13.2. The van der Waals surface area contributed by atoms with Crippen molar-refractivity contribution in [2.45, 2.75) is 25.7 Å². The summed E-state index contributed by atoms with van der Waals surface area (Å²) in [4.78, 5) is 42.2. The van der Waals surface area contributed by atoms with E-state index in [1.54, 1.807) is 29.2 Å². The van der Waals surface area contributed by atoms with Gasteiger partial charge in [-0.25, -0.2) is 0 Å². The molecule has 0 aromatic heterocycles. The molecule has 2 aliphatic heterocycles. The molecule has 2 aromatic carbocycles. The number of carbonyl (C=O) groups excluding carboxylic acids is 3. The zero-order chi connectivity index (χ0) is 26.0. The number of aromatic hydroxyl groups is 1. The Hall–Kier alpha value is -3.43. The van der Waals surface area contributed by atoms with Gasteiger partial charge in [-0.2, -0.15) is 0 Å². The molecule has 0 atom stereocenters. The van der Waals surface area contributed by atoms with E-state index in [1.165, 1.54) is 0 Å². The zero-order valence-electron chi connectivity index (χ0n) is 21.2. The van der Waals surface area contributed by atoms with E-state index < -0.39 is 0 Å². The third-order valence-corrected chi connectivity index (χ3v) is 6.77. The van der Waals surface area contributed by atoms with Gasteiger partial charge in [-0.15, -0.1) is 0 Å². The zero-order valence-corrected chi connectivity index (χ0v) is 21.2. The van der Waals surface area contributed by atoms with Crippen molar-refractivity contribution in [3.05, 3.63) is 53.6 Å². The molecular formula is C28H36N4O5. The Morgan fingerprint density at radius 1 is 0.892 bits per heavy atom. The quantitative estimate of drug-likeness (QED) is 0.571. The first-order valence-electron chi connectivity index (χ1n) is 13.0. The van der Waals surface area contributed by atoms with E-state index >= 15 is 0 Å². The molecule has 1 fully saturated rings. The second-order valence-corrected chi connectivity index (χ2v) is 9.51. The number of hydrogen-bond donors (Lipinski definition) is 3. The Kier molecular flexibility index (Phi) is 9.51. The van der Waals surface area contributed by atoms with Crippen LogP contribution >= 0.6 is 0 Å². The predicted molar refractivity (Wildman–Crippen MR) is 140 cm³/mol. The largest absolute Gasteiger partial charge is 0.507 e. The lowest BCUT2D eigenvalue weighted by atomic mass is 9.98. The van der Waals surface area contributed by atoms with E-state index in [4.69, 9.17) is 4.74 Å². The maximum atomic E-state index is 13.0. The monoisotopic (exact) mass is 508 g/mol. The molecule has 3 N–H and O–H groups in total. The predicted octanol–water partition coefficient (Wildman–Crippen LogP) is 1.79. The van der Waals surface area contributed by atoms with Gasteiger partial charge >= 0.3 is 0 Å². The van der Waals surface area contributed by atoms with E-state index in [1.807, 2.05) is 18.2 Å². The van der Waals surface area contributed by atoms with Gasteiger partial charge in [0.2, 0.25) is 11.8 Å². The second-order valence-electron chi connectivity index (χ2n) is 9.51. The maximum Gasteiger partial charge on any atom is 0.251 e. The van der Waals surface area contributed by atoms with Crippen LogP contribution in [0.4, 0.5) is 0 Å². The highest BCUT2D eigenvalue weighted by Crippen LogP contribution is 2.30. The Morgan fingerprint density at radius 3 is 2.51 bits per heavy atom. The maximum absolute atomic E-state index is 13.0. The topological polar surface area (TPSA) is 111 Å². The number of rotatable bonds is 2. The average molecular weight is 509 g/mol. The molecule has 4 rings (SSSR count). The van der Waals surface area contributed by atoms with Gasteiger partial charge < -0.3 is 25.4 Å². The molecule has 0 unspecified atom stereocenters. The molecule has 37 heavy (non-hydrogen) atoms. The average Bonchev–Trinajstić information content (AvgIpc) is 2.91. The van der Waals surface area contributed by atoms with Gasteiger partial charge in [-0.05, 0) is 54.7 Å². The molecule has 2 aromatic rings. The molecule has 0 radical (unpaired) electrons. The first-order valence-corrected chi connectivity index (χ1v) is 13.0. The highest BCUT2D eigenvalue weighted by molar-refractivity contribution is 5.95. The summed E-state index contributed by atoms with van der Waals surface area (Å²) < 4.78 is 5.38. The molecule has 0 aliphatic carbocycles. The lowest BCUT2D eigenvalue weighted by Gasteiger charge is -2.29. The number of carbonyl (C=O) groups is 3. The summed E-state index contributed by atoms with van der Waals surface area (Å²) >= 11 is 0. The van der Waals surface area contributed by atoms with Crippen molar-refractivity contribution in [2.75, 3.05) is 59.0 Å². The molecule has 2 aliphatic rings. The molecule has 1 saturated heterocycles. The van der Waals surface area contributed by atoms with Crippen LogP contribution in [0.2, 0.25) is 0 Å². The minimum Gasteiger partial charge on any atom is -0.507 e. The van der Waals surface area contributed by atoms with E-state index in [0.29, 0.717) is 82.7 Å². The van der Waals surface area contributed by atoms with Crippen molar-refractivity contribution in [3.8, 4) is 16.9 Å². The number of ether oxygens (including phenoxy) is 1. The molecule has 2 heterocycles. The first-order chi connectivity index (χ1) is 18.0. The summed E-state index contributed by atoms with van der Waals surface area (Å²) in [6, 6.07) is 12.5. The summed E-state index contributed by atoms with van der Waals surface area (Å²) in [6.07, 6.45) is 2.13. The summed E-state index contributed by atoms with van der Waals surface area (Å²) in [7, 11) is 0. The van der Waals surface area contributed by atoms with Crippen molar-refractivity contribution >= 4 is 17.7 Å². The molecule has 0 spiro atoms. The van der Waals surface area contributed by atoms with Gasteiger partial charge in [0.15, 0.2) is 0 Å². The third-order valence-electron chi connectivity index (χ3n) is 6.77. The third kappa shape index (κ3) is 7.77. The fraction of sp³-hybridized carbons (Fsp3) is 0.464. The number of nitrogens with zero attached hydrogens (tertiary/aromatic N) is 2. The highest BCUT2D eigenvalue weighted by atomic mass is 16.5. The Balaban J connectivity index is 1.46. The normalized spacial score (nSPS) is 18.6. The van der Waals surface area contributed by atoms with Gasteiger partial charge in [0.1, 0.15) is 5.75 Å². The number of morpholine rings is 1. The molecule has 0 saturated carbocycles. The van der Waals surface area contributed by atoms with E-state index in [9.17, 15) is 19.5 Å². The minimum atomic E-state index is -0.198. The van der Waals surface area contributed by atoms with Crippen LogP contribution in [0, 0.1) is 0 Å². The molecule has 4 bridgehead atoms. The summed E-state index contributed by atoms with van der Waals surface area (Å²) in [6.45, 7) is 4.96. The number of fused-ring (bicyclic) bond motifs is 5. The van der Waals surface area contributed by atoms with Crippen LogP contribution in [0.1, 0.15) is 35.2 Å². The van der Waals surface area contributed by atoms with Crippen LogP contribution in [-0.4, -0.2) is 91.7 Å². The molecular weight excluding hydrogens is 472 g/mol. The number of phenolic OH excluding ortho intramolecular Hbond substituents is 1. The molecule has 198 valence electrons. The number of hydrogen-bond acceptors (Lipinski definition) is 6. The molecule has 3 amide bonds. The lowest BCUT2D eigenvalue weighted by Crippen LogP contribution is -2.45. The number of phenols is 1. The van der Waals surface area contributed by atoms with Gasteiger partial charge in [0, 0.05) is 56.8 Å². The van der Waals surface area contributed by atoms with Gasteiger partial charge in [0.05, 0.1) is 19.8 Å². The van der Waals surface area contributed by atoms with Gasteiger partial charge in [-0.3, -0.25) is 19.3 Å². The van der Waals surface area contributed by atoms with Crippen molar-refractivity contribution in [3.63, 3.8) is 0 Å². The summed E-state index contributed by atoms with van der Waals surface area (Å²) in [5, 5.41) is 16.3. The summed E-state index contributed by atoms with van der Waals surface area (Å²) in [5.74, 6) is -0.0711. The Labute approximate surface area is 217 Å². The number of nitrogens with one attached hydrogen (secondary N) is 2. The Bertz CT molecular complexity index is 1100. The molecule has 9 nitrogen and oxygen atoms in total. The van der Waals surface area contributed by atoms with Crippen molar-refractivity contribution in [1.29, 1.82) is 0 Å². The number of benzene rings is 2.